The van der Waals surface area contributed by atoms with Gasteiger partial charge in [-0.25, -0.2) is 10.5 Å². The number of nitrogens with zero attached hydrogens (tertiary/aromatic N) is 4. The van der Waals surface area contributed by atoms with Crippen LogP contribution >= 0.6 is 0 Å². The van der Waals surface area contributed by atoms with E-state index in [-0.39, 0.29) is 5.69 Å². The third-order valence-electron chi connectivity index (χ3n) is 4.31. The predicted octanol–water partition coefficient (Wildman–Crippen LogP) is 1.62. The second-order valence-electron chi connectivity index (χ2n) is 6.40. The summed E-state index contributed by atoms with van der Waals surface area (Å²) < 4.78 is 34.8. The summed E-state index contributed by atoms with van der Waals surface area (Å²) in [5, 5.41) is 10.2. The molecule has 1 aliphatic heterocycles. The van der Waals surface area contributed by atoms with Gasteiger partial charge in [0.2, 0.25) is 0 Å². The molecule has 3 aromatic rings. The number of hydrazine groups is 1. The third-order valence-corrected chi connectivity index (χ3v) is 4.80. The highest BCUT2D eigenvalue weighted by Crippen LogP contribution is 2.29. The molecule has 4 N–H and O–H groups in total. The molecule has 144 valence electrons. The van der Waals surface area contributed by atoms with E-state index in [9.17, 15) is 8.42 Å². The Bertz CT molecular complexity index is 1140. The van der Waals surface area contributed by atoms with Crippen molar-refractivity contribution in [2.24, 2.45) is 5.84 Å². The fraction of sp³-hybridized carbons (Fsp3) is 0.111. The van der Waals surface area contributed by atoms with Crippen LogP contribution in [0.25, 0.3) is 5.57 Å². The van der Waals surface area contributed by atoms with Crippen LogP contribution in [0, 0.1) is 0 Å². The molecule has 0 bridgehead atoms. The van der Waals surface area contributed by atoms with Crippen LogP contribution in [0.5, 0.6) is 0 Å². The van der Waals surface area contributed by atoms with Crippen molar-refractivity contribution >= 4 is 21.6 Å². The molecule has 0 atom stereocenters. The normalized spacial score (nSPS) is 13.8. The average molecular weight is 398 g/mol. The van der Waals surface area contributed by atoms with Crippen LogP contribution in [0.3, 0.4) is 0 Å². The fourth-order valence-corrected chi connectivity index (χ4v) is 3.58. The van der Waals surface area contributed by atoms with Crippen LogP contribution in [0.1, 0.15) is 22.5 Å². The van der Waals surface area contributed by atoms with Crippen LogP contribution in [0.15, 0.2) is 60.8 Å². The van der Waals surface area contributed by atoms with E-state index in [0.717, 1.165) is 28.1 Å². The molecule has 9 nitrogen and oxygen atoms in total. The first kappa shape index (κ1) is 18.2. The van der Waals surface area contributed by atoms with Crippen molar-refractivity contribution in [3.05, 3.63) is 83.3 Å². The predicted molar refractivity (Wildman–Crippen MR) is 104 cm³/mol. The molecule has 0 radical (unpaired) electrons. The number of hydrogen-bond donors (Lipinski definition) is 3. The largest absolute Gasteiger partial charge is 0.357 e. The van der Waals surface area contributed by atoms with Gasteiger partial charge in [-0.2, -0.15) is 8.42 Å². The molecule has 0 saturated heterocycles. The van der Waals surface area contributed by atoms with E-state index in [1.165, 1.54) is 0 Å². The Hall–Kier alpha value is -3.21. The Labute approximate surface area is 161 Å². The number of nitrogens with two attached hydrogens (primary N) is 1. The maximum Gasteiger partial charge on any atom is 0.357 e. The molecule has 0 amide bonds. The Morgan fingerprint density at radius 2 is 1.93 bits per heavy atom. The number of benzene rings is 2. The molecular formula is C18H18N6O3S. The van der Waals surface area contributed by atoms with Crippen LogP contribution in [0.4, 0.5) is 5.69 Å². The molecule has 2 aromatic carbocycles. The van der Waals surface area contributed by atoms with Gasteiger partial charge in [0.25, 0.3) is 0 Å². The fourth-order valence-electron chi connectivity index (χ4n) is 3.16. The van der Waals surface area contributed by atoms with E-state index in [2.05, 4.69) is 10.3 Å². The maximum atomic E-state index is 11.0. The van der Waals surface area contributed by atoms with Crippen molar-refractivity contribution in [1.82, 2.24) is 20.0 Å². The zero-order valence-corrected chi connectivity index (χ0v) is 15.5. The van der Waals surface area contributed by atoms with Crippen molar-refractivity contribution in [2.75, 3.05) is 4.72 Å². The van der Waals surface area contributed by atoms with E-state index in [0.29, 0.717) is 13.1 Å². The van der Waals surface area contributed by atoms with Gasteiger partial charge in [-0.1, -0.05) is 47.7 Å². The first-order valence-electron chi connectivity index (χ1n) is 8.44. The molecule has 0 fully saturated rings. The van der Waals surface area contributed by atoms with E-state index in [1.807, 2.05) is 47.3 Å². The van der Waals surface area contributed by atoms with E-state index < -0.39 is 10.3 Å². The number of anilines is 1. The smallest absolute Gasteiger partial charge is 0.312 e. The summed E-state index contributed by atoms with van der Waals surface area (Å²) in [5.41, 5.74) is 4.56. The average Bonchev–Trinajstić information content (AvgIpc) is 3.03. The lowest BCUT2D eigenvalue weighted by Gasteiger charge is -2.22. The van der Waals surface area contributed by atoms with Gasteiger partial charge >= 0.3 is 10.3 Å². The molecule has 10 heteroatoms. The lowest BCUT2D eigenvalue weighted by Crippen LogP contribution is -2.29. The van der Waals surface area contributed by atoms with Crippen LogP contribution < -0.4 is 10.6 Å². The summed E-state index contributed by atoms with van der Waals surface area (Å²) in [7, 11) is -4.33. The topological polar surface area (TPSA) is 126 Å². The van der Waals surface area contributed by atoms with E-state index in [4.69, 9.17) is 10.4 Å². The zero-order valence-electron chi connectivity index (χ0n) is 14.7. The SMILES string of the molecule is NN1C=C(c2ccccc2)c2nnn(Cc3cccc(NS(=O)(=O)O)c3)c2C1. The summed E-state index contributed by atoms with van der Waals surface area (Å²) in [6, 6.07) is 16.5. The third kappa shape index (κ3) is 3.88. The molecule has 4 rings (SSSR count). The van der Waals surface area contributed by atoms with Gasteiger partial charge in [0.1, 0.15) is 5.69 Å². The maximum absolute atomic E-state index is 11.0. The highest BCUT2D eigenvalue weighted by molar-refractivity contribution is 7.87. The van der Waals surface area contributed by atoms with Crippen molar-refractivity contribution < 1.29 is 13.0 Å². The van der Waals surface area contributed by atoms with E-state index >= 15 is 0 Å². The quantitative estimate of drug-likeness (QED) is 0.440. The van der Waals surface area contributed by atoms with Crippen LogP contribution in [0.2, 0.25) is 0 Å². The highest BCUT2D eigenvalue weighted by atomic mass is 32.2. The summed E-state index contributed by atoms with van der Waals surface area (Å²) >= 11 is 0. The summed E-state index contributed by atoms with van der Waals surface area (Å²) in [5.74, 6) is 6.08. The van der Waals surface area contributed by atoms with Crippen molar-refractivity contribution in [2.45, 2.75) is 13.1 Å². The highest BCUT2D eigenvalue weighted by Gasteiger charge is 2.23. The second kappa shape index (κ2) is 7.08. The lowest BCUT2D eigenvalue weighted by atomic mass is 10.00. The standard InChI is InChI=1S/C18H18N6O3S/c19-23-11-16(14-6-2-1-3-7-14)18-17(12-23)24(22-20-18)10-13-5-4-8-15(9-13)21-28(25,26)27/h1-9,11,21H,10,12,19H2,(H,25,26,27). The molecule has 28 heavy (non-hydrogen) atoms. The Morgan fingerprint density at radius 3 is 2.68 bits per heavy atom. The van der Waals surface area contributed by atoms with Gasteiger partial charge in [0, 0.05) is 11.8 Å². The number of fused-ring (bicyclic) bond motifs is 1. The molecule has 2 heterocycles. The molecule has 0 unspecified atom stereocenters. The molecule has 1 aromatic heterocycles. The van der Waals surface area contributed by atoms with Gasteiger partial charge in [0.15, 0.2) is 0 Å². The van der Waals surface area contributed by atoms with Gasteiger partial charge in [0.05, 0.1) is 24.5 Å². The zero-order chi connectivity index (χ0) is 19.7. The second-order valence-corrected chi connectivity index (χ2v) is 7.56. The number of hydrogen-bond acceptors (Lipinski definition) is 6. The molecular weight excluding hydrogens is 380 g/mol. The summed E-state index contributed by atoms with van der Waals surface area (Å²) in [6.45, 7) is 0.820. The molecule has 0 aliphatic carbocycles. The Balaban J connectivity index is 1.65. The minimum Gasteiger partial charge on any atom is -0.312 e. The Morgan fingerprint density at radius 1 is 1.14 bits per heavy atom. The number of nitrogens with one attached hydrogen (secondary N) is 1. The minimum atomic E-state index is -4.33. The van der Waals surface area contributed by atoms with Gasteiger partial charge in [-0.05, 0) is 23.3 Å². The minimum absolute atomic E-state index is 0.263. The number of aromatic nitrogens is 3. The molecule has 0 spiro atoms. The van der Waals surface area contributed by atoms with Crippen LogP contribution in [-0.2, 0) is 23.4 Å². The lowest BCUT2D eigenvalue weighted by molar-refractivity contribution is 0.366. The molecule has 0 saturated carbocycles. The summed E-state index contributed by atoms with van der Waals surface area (Å²) in [4.78, 5) is 0. The summed E-state index contributed by atoms with van der Waals surface area (Å²) in [6.07, 6.45) is 1.84. The van der Waals surface area contributed by atoms with E-state index in [1.54, 1.807) is 27.9 Å². The first-order valence-corrected chi connectivity index (χ1v) is 9.88. The van der Waals surface area contributed by atoms with Crippen molar-refractivity contribution in [3.8, 4) is 0 Å². The van der Waals surface area contributed by atoms with Gasteiger partial charge in [-0.3, -0.25) is 9.27 Å². The number of rotatable bonds is 5. The molecule has 1 aliphatic rings. The van der Waals surface area contributed by atoms with Crippen molar-refractivity contribution in [3.63, 3.8) is 0 Å². The first-order chi connectivity index (χ1) is 13.4. The van der Waals surface area contributed by atoms with Gasteiger partial charge in [-0.15, -0.1) is 5.10 Å². The van der Waals surface area contributed by atoms with Crippen LogP contribution in [-0.4, -0.2) is 33.0 Å². The van der Waals surface area contributed by atoms with Crippen molar-refractivity contribution in [1.29, 1.82) is 0 Å². The van der Waals surface area contributed by atoms with Gasteiger partial charge < -0.3 is 5.01 Å². The monoisotopic (exact) mass is 398 g/mol. The Kier molecular flexibility index (Phi) is 4.59.